The lowest BCUT2D eigenvalue weighted by atomic mass is 10.1. The first kappa shape index (κ1) is 22.4. The van der Waals surface area contributed by atoms with Gasteiger partial charge >= 0.3 is 0 Å². The van der Waals surface area contributed by atoms with Gasteiger partial charge in [0, 0.05) is 23.8 Å². The molecule has 0 spiro atoms. The summed E-state index contributed by atoms with van der Waals surface area (Å²) in [5.41, 5.74) is 15.3. The Balaban J connectivity index is 0.000000172. The number of fused-ring (bicyclic) bond motifs is 1. The molecule has 0 saturated heterocycles. The maximum Gasteiger partial charge on any atom is 0.264 e. The lowest BCUT2D eigenvalue weighted by molar-refractivity contribution is 0.889. The van der Waals surface area contributed by atoms with Gasteiger partial charge in [-0.1, -0.05) is 48.9 Å². The van der Waals surface area contributed by atoms with Crippen molar-refractivity contribution in [1.29, 1.82) is 0 Å². The monoisotopic (exact) mass is 476 g/mol. The Kier molecular flexibility index (Phi) is 6.67. The lowest BCUT2D eigenvalue weighted by Crippen LogP contribution is -2.22. The van der Waals surface area contributed by atoms with Gasteiger partial charge in [0.25, 0.3) is 5.56 Å². The summed E-state index contributed by atoms with van der Waals surface area (Å²) in [5, 5.41) is 1.97. The molecule has 2 aromatic carbocycles. The molecule has 0 aliphatic carbocycles. The quantitative estimate of drug-likeness (QED) is 0.380. The summed E-state index contributed by atoms with van der Waals surface area (Å²) >= 11 is 7.69. The van der Waals surface area contributed by atoms with Crippen molar-refractivity contribution < 1.29 is 0 Å². The van der Waals surface area contributed by atoms with Crippen LogP contribution in [0.2, 0.25) is 5.02 Å². The number of nitrogens with two attached hydrogens (primary N) is 2. The van der Waals surface area contributed by atoms with Crippen LogP contribution < -0.4 is 17.0 Å². The predicted octanol–water partition coefficient (Wildman–Crippen LogP) is 4.97. The average Bonchev–Trinajstić information content (AvgIpc) is 3.34. The highest BCUT2D eigenvalue weighted by Gasteiger charge is 2.12. The minimum absolute atomic E-state index is 0.0591. The molecule has 0 atom stereocenters. The molecule has 0 radical (unpaired) electrons. The first-order valence-corrected chi connectivity index (χ1v) is 11.4. The van der Waals surface area contributed by atoms with E-state index in [-0.39, 0.29) is 11.5 Å². The van der Waals surface area contributed by atoms with Crippen LogP contribution in [0.5, 0.6) is 0 Å². The molecule has 166 valence electrons. The van der Waals surface area contributed by atoms with Crippen molar-refractivity contribution in [2.45, 2.75) is 13.3 Å². The van der Waals surface area contributed by atoms with E-state index in [2.05, 4.69) is 15.0 Å². The van der Waals surface area contributed by atoms with E-state index < -0.39 is 0 Å². The van der Waals surface area contributed by atoms with Crippen LogP contribution in [0.25, 0.3) is 26.9 Å². The summed E-state index contributed by atoms with van der Waals surface area (Å²) in [5.74, 6) is 0.572. The molecule has 0 amide bonds. The molecular weight excluding hydrogens is 456 g/mol. The van der Waals surface area contributed by atoms with Crippen LogP contribution in [-0.2, 0) is 6.42 Å². The molecular formula is C24H21ClN6OS. The number of hydrogen-bond acceptors (Lipinski definition) is 7. The lowest BCUT2D eigenvalue weighted by Gasteiger charge is -2.14. The number of benzene rings is 2. The molecule has 0 aliphatic heterocycles. The van der Waals surface area contributed by atoms with Crippen molar-refractivity contribution in [3.63, 3.8) is 0 Å². The number of pyridine rings is 1. The Labute approximate surface area is 199 Å². The molecule has 5 aromatic rings. The van der Waals surface area contributed by atoms with Gasteiger partial charge in [-0.3, -0.25) is 14.3 Å². The predicted molar refractivity (Wildman–Crippen MR) is 136 cm³/mol. The minimum atomic E-state index is -0.0591. The van der Waals surface area contributed by atoms with E-state index in [9.17, 15) is 4.79 Å². The topological polar surface area (TPSA) is 113 Å². The Morgan fingerprint density at radius 3 is 2.52 bits per heavy atom. The summed E-state index contributed by atoms with van der Waals surface area (Å²) in [7, 11) is 0. The number of hydrogen-bond donors (Lipinski definition) is 2. The molecule has 0 bridgehead atoms. The van der Waals surface area contributed by atoms with E-state index in [1.807, 2.05) is 55.5 Å². The van der Waals surface area contributed by atoms with Gasteiger partial charge < -0.3 is 11.5 Å². The van der Waals surface area contributed by atoms with Gasteiger partial charge in [-0.15, -0.1) is 11.3 Å². The maximum absolute atomic E-state index is 12.8. The highest BCUT2D eigenvalue weighted by Crippen LogP contribution is 2.26. The zero-order chi connectivity index (χ0) is 23.4. The van der Waals surface area contributed by atoms with Crippen LogP contribution in [0.1, 0.15) is 12.6 Å². The third-order valence-corrected chi connectivity index (χ3v) is 6.10. The number of aryl methyl sites for hydroxylation is 1. The third-order valence-electron chi connectivity index (χ3n) is 4.98. The minimum Gasteiger partial charge on any atom is -0.383 e. The van der Waals surface area contributed by atoms with Gasteiger partial charge in [-0.05, 0) is 36.1 Å². The van der Waals surface area contributed by atoms with Gasteiger partial charge in [0.2, 0.25) is 5.95 Å². The van der Waals surface area contributed by atoms with Gasteiger partial charge in [0.15, 0.2) is 0 Å². The molecule has 0 fully saturated rings. The fourth-order valence-corrected chi connectivity index (χ4v) is 4.35. The number of nitrogens with zero attached hydrogens (tertiary/aromatic N) is 4. The van der Waals surface area contributed by atoms with Gasteiger partial charge in [-0.25, -0.2) is 4.98 Å². The Hall–Kier alpha value is -3.75. The van der Waals surface area contributed by atoms with Crippen LogP contribution >= 0.6 is 22.9 Å². The number of thiazole rings is 1. The normalized spacial score (nSPS) is 10.6. The highest BCUT2D eigenvalue weighted by atomic mass is 35.5. The van der Waals surface area contributed by atoms with Crippen molar-refractivity contribution in [3.05, 3.63) is 93.6 Å². The standard InChI is InChI=1S/C17H14ClNO.C7H7N5S/c1-2-13-11-12-7-6-10-15(18)16(12)17(20)19(13)14-8-4-3-5-9-14;8-6-4(1-11-7(9)12-6)5-2-10-3-13-5/h3-11H,2H2,1H3;1-3H,(H4,8,9,11,12). The second-order valence-electron chi connectivity index (χ2n) is 7.06. The molecule has 0 saturated carbocycles. The number of rotatable bonds is 3. The van der Waals surface area contributed by atoms with Crippen LogP contribution in [0.3, 0.4) is 0 Å². The van der Waals surface area contributed by atoms with Crippen molar-refractivity contribution in [2.75, 3.05) is 11.5 Å². The van der Waals surface area contributed by atoms with E-state index in [1.165, 1.54) is 11.3 Å². The van der Waals surface area contributed by atoms with Crippen molar-refractivity contribution in [1.82, 2.24) is 19.5 Å². The zero-order valence-electron chi connectivity index (χ0n) is 17.8. The van der Waals surface area contributed by atoms with Crippen molar-refractivity contribution >= 4 is 45.5 Å². The van der Waals surface area contributed by atoms with E-state index in [1.54, 1.807) is 28.5 Å². The number of anilines is 2. The summed E-state index contributed by atoms with van der Waals surface area (Å²) in [4.78, 5) is 25.4. The molecule has 5 rings (SSSR count). The Bertz CT molecular complexity index is 1450. The summed E-state index contributed by atoms with van der Waals surface area (Å²) < 4.78 is 1.74. The van der Waals surface area contributed by atoms with E-state index in [4.69, 9.17) is 23.1 Å². The van der Waals surface area contributed by atoms with Crippen LogP contribution in [0, 0.1) is 0 Å². The molecule has 0 unspecified atom stereocenters. The summed E-state index contributed by atoms with van der Waals surface area (Å²) in [6.07, 6.45) is 4.10. The largest absolute Gasteiger partial charge is 0.383 e. The van der Waals surface area contributed by atoms with E-state index in [0.717, 1.165) is 33.6 Å². The van der Waals surface area contributed by atoms with Crippen molar-refractivity contribution in [2.24, 2.45) is 0 Å². The molecule has 33 heavy (non-hydrogen) atoms. The highest BCUT2D eigenvalue weighted by molar-refractivity contribution is 7.13. The first-order valence-electron chi connectivity index (χ1n) is 10.1. The molecule has 3 heterocycles. The van der Waals surface area contributed by atoms with Crippen LogP contribution in [0.15, 0.2) is 77.3 Å². The number of aromatic nitrogens is 4. The van der Waals surface area contributed by atoms with Gasteiger partial charge in [0.1, 0.15) is 5.82 Å². The Morgan fingerprint density at radius 2 is 1.85 bits per heavy atom. The Morgan fingerprint density at radius 1 is 1.06 bits per heavy atom. The van der Waals surface area contributed by atoms with Gasteiger partial charge in [0.05, 0.1) is 26.4 Å². The second-order valence-corrected chi connectivity index (χ2v) is 8.36. The molecule has 3 aromatic heterocycles. The smallest absolute Gasteiger partial charge is 0.264 e. The van der Waals surface area contributed by atoms with Gasteiger partial charge in [-0.2, -0.15) is 4.98 Å². The number of nitrogen functional groups attached to an aromatic ring is 2. The van der Waals surface area contributed by atoms with Crippen LogP contribution in [0.4, 0.5) is 11.8 Å². The number of para-hydroxylation sites is 1. The average molecular weight is 477 g/mol. The number of halogens is 1. The van der Waals surface area contributed by atoms with Crippen LogP contribution in [-0.4, -0.2) is 19.5 Å². The second kappa shape index (κ2) is 9.81. The summed E-state index contributed by atoms with van der Waals surface area (Å²) in [6.45, 7) is 2.05. The van der Waals surface area contributed by atoms with Crippen molar-refractivity contribution in [3.8, 4) is 16.1 Å². The first-order chi connectivity index (χ1) is 16.0. The molecule has 4 N–H and O–H groups in total. The zero-order valence-corrected chi connectivity index (χ0v) is 19.3. The molecule has 9 heteroatoms. The van der Waals surface area contributed by atoms with E-state index in [0.29, 0.717) is 16.2 Å². The third kappa shape index (κ3) is 4.72. The van der Waals surface area contributed by atoms with E-state index >= 15 is 0 Å². The molecule has 7 nitrogen and oxygen atoms in total. The fraction of sp³-hybridized carbons (Fsp3) is 0.0833. The maximum atomic E-state index is 12.8. The summed E-state index contributed by atoms with van der Waals surface area (Å²) in [6, 6.07) is 17.3. The molecule has 0 aliphatic rings. The fourth-order valence-electron chi connectivity index (χ4n) is 3.44. The SMILES string of the molecule is CCc1cc2cccc(Cl)c2c(=O)n1-c1ccccc1.Nc1ncc(-c2cncs2)c(N)n1.